The summed E-state index contributed by atoms with van der Waals surface area (Å²) in [6, 6.07) is 21.1. The first kappa shape index (κ1) is 19.2. The molecule has 0 spiro atoms. The van der Waals surface area contributed by atoms with Crippen LogP contribution in [0.5, 0.6) is 5.75 Å². The second-order valence-electron chi connectivity index (χ2n) is 7.29. The molecule has 0 aliphatic carbocycles. The number of aromatic nitrogens is 1. The van der Waals surface area contributed by atoms with Crippen molar-refractivity contribution in [1.82, 2.24) is 10.3 Å². The van der Waals surface area contributed by atoms with Gasteiger partial charge in [0.15, 0.2) is 0 Å². The molecule has 4 N–H and O–H groups in total. The first-order valence-electron chi connectivity index (χ1n) is 9.83. The van der Waals surface area contributed by atoms with Crippen LogP contribution < -0.4 is 10.9 Å². The summed E-state index contributed by atoms with van der Waals surface area (Å²) in [5.74, 6) is -0.00278. The number of H-pyrrole nitrogens is 1. The minimum atomic E-state index is -0.732. The van der Waals surface area contributed by atoms with Crippen molar-refractivity contribution in [2.45, 2.75) is 18.9 Å². The summed E-state index contributed by atoms with van der Waals surface area (Å²) in [5, 5.41) is 27.0. The molecular formula is C24H24N2O3. The lowest BCUT2D eigenvalue weighted by atomic mass is 10.0. The van der Waals surface area contributed by atoms with Gasteiger partial charge in [0.05, 0.1) is 11.6 Å². The zero-order chi connectivity index (χ0) is 20.2. The number of benzene rings is 3. The second kappa shape index (κ2) is 8.47. The molecule has 0 saturated carbocycles. The first-order valence-corrected chi connectivity index (χ1v) is 9.83. The third-order valence-electron chi connectivity index (χ3n) is 5.24. The summed E-state index contributed by atoms with van der Waals surface area (Å²) < 4.78 is 0. The van der Waals surface area contributed by atoms with Crippen LogP contribution in [0.25, 0.3) is 21.7 Å². The molecule has 4 rings (SSSR count). The largest absolute Gasteiger partial charge is 0.506 e. The van der Waals surface area contributed by atoms with E-state index in [2.05, 4.69) is 46.7 Å². The Morgan fingerprint density at radius 2 is 1.79 bits per heavy atom. The Balaban J connectivity index is 1.33. The number of nitrogens with one attached hydrogen (secondary N) is 2. The number of aryl methyl sites for hydroxylation is 1. The fourth-order valence-corrected chi connectivity index (χ4v) is 3.71. The fraction of sp³-hybridized carbons (Fsp3) is 0.208. The van der Waals surface area contributed by atoms with E-state index in [-0.39, 0.29) is 11.3 Å². The average molecular weight is 388 g/mol. The maximum atomic E-state index is 11.5. The highest BCUT2D eigenvalue weighted by Gasteiger charge is 2.13. The number of pyridine rings is 1. The second-order valence-corrected chi connectivity index (χ2v) is 7.29. The zero-order valence-corrected chi connectivity index (χ0v) is 16.1. The molecule has 0 amide bonds. The minimum Gasteiger partial charge on any atom is -0.506 e. The monoisotopic (exact) mass is 388 g/mol. The van der Waals surface area contributed by atoms with Gasteiger partial charge in [-0.25, -0.2) is 0 Å². The summed E-state index contributed by atoms with van der Waals surface area (Å²) in [4.78, 5) is 14.1. The van der Waals surface area contributed by atoms with E-state index in [0.717, 1.165) is 19.4 Å². The number of aromatic hydroxyl groups is 1. The minimum absolute atomic E-state index is 0.00278. The molecule has 1 atom stereocenters. The van der Waals surface area contributed by atoms with Gasteiger partial charge in [0.25, 0.3) is 0 Å². The molecular weight excluding hydrogens is 364 g/mol. The van der Waals surface area contributed by atoms with E-state index >= 15 is 0 Å². The Kier molecular flexibility index (Phi) is 5.60. The van der Waals surface area contributed by atoms with Crippen LogP contribution in [0.3, 0.4) is 0 Å². The predicted molar refractivity (Wildman–Crippen MR) is 116 cm³/mol. The van der Waals surface area contributed by atoms with Gasteiger partial charge in [-0.05, 0) is 53.4 Å². The van der Waals surface area contributed by atoms with E-state index in [1.54, 1.807) is 12.1 Å². The van der Waals surface area contributed by atoms with E-state index < -0.39 is 6.10 Å². The standard InChI is InChI=1S/C24H24N2O3/c27-21-11-9-19(20-10-12-23(29)26-24(20)21)22(28)15-25-13-3-4-16-7-8-17-5-1-2-6-18(17)14-16/h1-2,5-12,14,22,25,27-28H,3-4,13,15H2,(H,26,29). The van der Waals surface area contributed by atoms with E-state index in [1.807, 2.05) is 6.07 Å². The van der Waals surface area contributed by atoms with Gasteiger partial charge in [0.1, 0.15) is 5.75 Å². The number of aliphatic hydroxyl groups excluding tert-OH is 1. The molecule has 0 radical (unpaired) electrons. The van der Waals surface area contributed by atoms with Gasteiger partial charge < -0.3 is 20.5 Å². The molecule has 3 aromatic carbocycles. The van der Waals surface area contributed by atoms with Crippen LogP contribution in [0.15, 0.2) is 71.5 Å². The first-order chi connectivity index (χ1) is 14.1. The van der Waals surface area contributed by atoms with Gasteiger partial charge in [-0.2, -0.15) is 0 Å². The van der Waals surface area contributed by atoms with E-state index in [0.29, 0.717) is 23.0 Å². The smallest absolute Gasteiger partial charge is 0.248 e. The lowest BCUT2D eigenvalue weighted by Gasteiger charge is -2.15. The van der Waals surface area contributed by atoms with Gasteiger partial charge in [0, 0.05) is 18.0 Å². The summed E-state index contributed by atoms with van der Waals surface area (Å²) in [6.45, 7) is 1.19. The number of phenolic OH excluding ortho intramolecular Hbond substituents is 1. The molecule has 0 aliphatic heterocycles. The molecule has 1 unspecified atom stereocenters. The van der Waals surface area contributed by atoms with Crippen molar-refractivity contribution in [3.05, 3.63) is 88.2 Å². The fourth-order valence-electron chi connectivity index (χ4n) is 3.71. The van der Waals surface area contributed by atoms with E-state index in [1.165, 1.54) is 28.5 Å². The van der Waals surface area contributed by atoms with Crippen LogP contribution in [0.2, 0.25) is 0 Å². The molecule has 0 aliphatic rings. The molecule has 0 fully saturated rings. The number of rotatable bonds is 7. The molecule has 0 bridgehead atoms. The van der Waals surface area contributed by atoms with Crippen molar-refractivity contribution in [2.75, 3.05) is 13.1 Å². The van der Waals surface area contributed by atoms with Gasteiger partial charge in [-0.3, -0.25) is 4.79 Å². The molecule has 0 saturated heterocycles. The van der Waals surface area contributed by atoms with Crippen molar-refractivity contribution >= 4 is 21.7 Å². The van der Waals surface area contributed by atoms with Crippen LogP contribution in [0, 0.1) is 0 Å². The molecule has 1 heterocycles. The number of hydrogen-bond acceptors (Lipinski definition) is 4. The molecule has 5 nitrogen and oxygen atoms in total. The summed E-state index contributed by atoms with van der Waals surface area (Å²) in [6.07, 6.45) is 1.20. The van der Waals surface area contributed by atoms with Crippen molar-refractivity contribution in [2.24, 2.45) is 0 Å². The van der Waals surface area contributed by atoms with Crippen molar-refractivity contribution in [3.8, 4) is 5.75 Å². The third kappa shape index (κ3) is 4.31. The van der Waals surface area contributed by atoms with Crippen LogP contribution in [0.4, 0.5) is 0 Å². The summed E-state index contributed by atoms with van der Waals surface area (Å²) >= 11 is 0. The Morgan fingerprint density at radius 3 is 2.66 bits per heavy atom. The highest BCUT2D eigenvalue weighted by molar-refractivity contribution is 5.87. The highest BCUT2D eigenvalue weighted by atomic mass is 16.3. The van der Waals surface area contributed by atoms with Crippen LogP contribution in [0.1, 0.15) is 23.7 Å². The molecule has 148 valence electrons. The number of fused-ring (bicyclic) bond motifs is 2. The number of aromatic amines is 1. The maximum absolute atomic E-state index is 11.5. The Morgan fingerprint density at radius 1 is 0.966 bits per heavy atom. The normalized spacial score (nSPS) is 12.4. The van der Waals surface area contributed by atoms with Crippen LogP contribution >= 0.6 is 0 Å². The molecule has 1 aromatic heterocycles. The van der Waals surface area contributed by atoms with E-state index in [4.69, 9.17) is 0 Å². The Labute approximate surface area is 168 Å². The van der Waals surface area contributed by atoms with Crippen LogP contribution in [-0.2, 0) is 6.42 Å². The zero-order valence-electron chi connectivity index (χ0n) is 16.1. The number of hydrogen-bond donors (Lipinski definition) is 4. The van der Waals surface area contributed by atoms with Crippen molar-refractivity contribution in [1.29, 1.82) is 0 Å². The summed E-state index contributed by atoms with van der Waals surface area (Å²) in [7, 11) is 0. The molecule has 4 aromatic rings. The van der Waals surface area contributed by atoms with Gasteiger partial charge in [0.2, 0.25) is 5.56 Å². The SMILES string of the molecule is O=c1ccc2c(C(O)CNCCCc3ccc4ccccc4c3)ccc(O)c2[nH]1. The van der Waals surface area contributed by atoms with Crippen LogP contribution in [-0.4, -0.2) is 28.3 Å². The molecule has 29 heavy (non-hydrogen) atoms. The lowest BCUT2D eigenvalue weighted by molar-refractivity contribution is 0.176. The topological polar surface area (TPSA) is 85.3 Å². The average Bonchev–Trinajstić information content (AvgIpc) is 2.74. The third-order valence-corrected chi connectivity index (χ3v) is 5.24. The van der Waals surface area contributed by atoms with Gasteiger partial charge in [-0.1, -0.05) is 48.5 Å². The van der Waals surface area contributed by atoms with Gasteiger partial charge >= 0.3 is 0 Å². The lowest BCUT2D eigenvalue weighted by Crippen LogP contribution is -2.23. The quantitative estimate of drug-likeness (QED) is 0.364. The maximum Gasteiger partial charge on any atom is 0.248 e. The van der Waals surface area contributed by atoms with Crippen molar-refractivity contribution in [3.63, 3.8) is 0 Å². The summed E-state index contributed by atoms with van der Waals surface area (Å²) in [5.41, 5.74) is 2.05. The number of phenols is 1. The highest BCUT2D eigenvalue weighted by Crippen LogP contribution is 2.28. The Hall–Kier alpha value is -3.15. The molecule has 5 heteroatoms. The van der Waals surface area contributed by atoms with Crippen molar-refractivity contribution < 1.29 is 10.2 Å². The Bertz CT molecular complexity index is 1200. The van der Waals surface area contributed by atoms with Gasteiger partial charge in [-0.15, -0.1) is 0 Å². The number of aliphatic hydroxyl groups is 1. The van der Waals surface area contributed by atoms with E-state index in [9.17, 15) is 15.0 Å². The predicted octanol–water partition coefficient (Wildman–Crippen LogP) is 3.64.